The smallest absolute Gasteiger partial charge is 0.326 e. The number of nitrogens with one attached hydrogen (secondary N) is 1. The van der Waals surface area contributed by atoms with Crippen molar-refractivity contribution in [1.82, 2.24) is 20.4 Å². The van der Waals surface area contributed by atoms with Crippen molar-refractivity contribution >= 4 is 11.9 Å². The Bertz CT molecular complexity index is 523. The van der Waals surface area contributed by atoms with Crippen LogP contribution in [0.15, 0.2) is 4.52 Å². The van der Waals surface area contributed by atoms with E-state index in [1.165, 1.54) is 4.90 Å². The van der Waals surface area contributed by atoms with Gasteiger partial charge in [0.15, 0.2) is 0 Å². The van der Waals surface area contributed by atoms with Gasteiger partial charge in [0, 0.05) is 6.54 Å². The van der Waals surface area contributed by atoms with Crippen molar-refractivity contribution in [3.63, 3.8) is 0 Å². The molecule has 108 valence electrons. The SMILES string of the molecule is O=C(O)C1CCCN1C(=O)c1noc(C2CCCN2)n1. The number of nitrogens with zero attached hydrogens (tertiary/aromatic N) is 3. The number of carbonyl (C=O) groups excluding carboxylic acids is 1. The summed E-state index contributed by atoms with van der Waals surface area (Å²) in [6.07, 6.45) is 3.08. The standard InChI is InChI=1S/C12H16N4O4/c17-11(16-6-2-4-8(16)12(18)19)9-14-10(20-15-9)7-3-1-5-13-7/h7-8,13H,1-6H2,(H,18,19). The highest BCUT2D eigenvalue weighted by molar-refractivity contribution is 5.93. The molecule has 2 aliphatic rings. The average molecular weight is 280 g/mol. The lowest BCUT2D eigenvalue weighted by atomic mass is 10.2. The molecule has 3 heterocycles. The molecule has 2 aliphatic heterocycles. The highest BCUT2D eigenvalue weighted by atomic mass is 16.5. The summed E-state index contributed by atoms with van der Waals surface area (Å²) in [7, 11) is 0. The van der Waals surface area contributed by atoms with Crippen molar-refractivity contribution in [2.45, 2.75) is 37.8 Å². The second-order valence-electron chi connectivity index (χ2n) is 5.10. The Labute approximate surface area is 115 Å². The third kappa shape index (κ3) is 2.26. The van der Waals surface area contributed by atoms with E-state index in [0.29, 0.717) is 25.3 Å². The molecule has 2 fully saturated rings. The van der Waals surface area contributed by atoms with Crippen LogP contribution in [0.2, 0.25) is 0 Å². The van der Waals surface area contributed by atoms with E-state index in [1.807, 2.05) is 0 Å². The van der Waals surface area contributed by atoms with Crippen molar-refractivity contribution in [2.75, 3.05) is 13.1 Å². The molecule has 0 aromatic carbocycles. The maximum atomic E-state index is 12.2. The van der Waals surface area contributed by atoms with E-state index in [2.05, 4.69) is 15.5 Å². The van der Waals surface area contributed by atoms with Gasteiger partial charge in [0.1, 0.15) is 6.04 Å². The molecule has 8 heteroatoms. The molecule has 2 atom stereocenters. The molecular formula is C12H16N4O4. The molecule has 2 saturated heterocycles. The van der Waals surface area contributed by atoms with Gasteiger partial charge in [0.05, 0.1) is 6.04 Å². The highest BCUT2D eigenvalue weighted by Gasteiger charge is 2.36. The number of carbonyl (C=O) groups is 2. The fraction of sp³-hybridized carbons (Fsp3) is 0.667. The minimum atomic E-state index is -0.989. The summed E-state index contributed by atoms with van der Waals surface area (Å²) in [6, 6.07) is -0.785. The average Bonchev–Trinajstić information content (AvgIpc) is 3.17. The van der Waals surface area contributed by atoms with Gasteiger partial charge in [-0.05, 0) is 32.2 Å². The van der Waals surface area contributed by atoms with Crippen LogP contribution >= 0.6 is 0 Å². The van der Waals surface area contributed by atoms with Crippen LogP contribution in [0.3, 0.4) is 0 Å². The first kappa shape index (κ1) is 13.0. The lowest BCUT2D eigenvalue weighted by Crippen LogP contribution is -2.40. The zero-order valence-electron chi connectivity index (χ0n) is 10.9. The number of carboxylic acid groups (broad SMARTS) is 1. The largest absolute Gasteiger partial charge is 0.480 e. The van der Waals surface area contributed by atoms with Gasteiger partial charge in [-0.1, -0.05) is 5.16 Å². The summed E-state index contributed by atoms with van der Waals surface area (Å²) in [5.41, 5.74) is 0. The molecule has 0 spiro atoms. The molecular weight excluding hydrogens is 264 g/mol. The van der Waals surface area contributed by atoms with Crippen LogP contribution in [0, 0.1) is 0 Å². The molecule has 1 aromatic heterocycles. The van der Waals surface area contributed by atoms with E-state index in [1.54, 1.807) is 0 Å². The van der Waals surface area contributed by atoms with Crippen LogP contribution in [-0.2, 0) is 4.79 Å². The Hall–Kier alpha value is -1.96. The first-order valence-corrected chi connectivity index (χ1v) is 6.77. The van der Waals surface area contributed by atoms with E-state index in [4.69, 9.17) is 9.63 Å². The molecule has 1 aromatic rings. The second kappa shape index (κ2) is 5.20. The monoisotopic (exact) mass is 280 g/mol. The van der Waals surface area contributed by atoms with Crippen LogP contribution in [0.1, 0.15) is 48.2 Å². The first-order chi connectivity index (χ1) is 9.66. The summed E-state index contributed by atoms with van der Waals surface area (Å²) < 4.78 is 5.11. The Morgan fingerprint density at radius 1 is 1.35 bits per heavy atom. The molecule has 3 rings (SSSR count). The number of rotatable bonds is 3. The summed E-state index contributed by atoms with van der Waals surface area (Å²) in [6.45, 7) is 1.31. The number of aliphatic carboxylic acids is 1. The van der Waals surface area contributed by atoms with Crippen molar-refractivity contribution in [3.8, 4) is 0 Å². The van der Waals surface area contributed by atoms with Crippen molar-refractivity contribution in [2.24, 2.45) is 0 Å². The van der Waals surface area contributed by atoms with Crippen LogP contribution in [-0.4, -0.2) is 51.2 Å². The minimum Gasteiger partial charge on any atom is -0.480 e. The topological polar surface area (TPSA) is 109 Å². The van der Waals surface area contributed by atoms with Crippen molar-refractivity contribution in [1.29, 1.82) is 0 Å². The maximum absolute atomic E-state index is 12.2. The Morgan fingerprint density at radius 3 is 2.90 bits per heavy atom. The first-order valence-electron chi connectivity index (χ1n) is 6.77. The highest BCUT2D eigenvalue weighted by Crippen LogP contribution is 2.23. The number of hydrogen-bond acceptors (Lipinski definition) is 6. The number of hydrogen-bond donors (Lipinski definition) is 2. The van der Waals surface area contributed by atoms with Gasteiger partial charge in [0.25, 0.3) is 11.7 Å². The van der Waals surface area contributed by atoms with Gasteiger partial charge >= 0.3 is 5.97 Å². The number of likely N-dealkylation sites (tertiary alicyclic amines) is 1. The van der Waals surface area contributed by atoms with Gasteiger partial charge in [-0.25, -0.2) is 4.79 Å². The predicted octanol–water partition coefficient (Wildman–Crippen LogP) is 0.183. The lowest BCUT2D eigenvalue weighted by Gasteiger charge is -2.19. The second-order valence-corrected chi connectivity index (χ2v) is 5.10. The molecule has 2 N–H and O–H groups in total. The maximum Gasteiger partial charge on any atom is 0.326 e. The molecule has 2 unspecified atom stereocenters. The van der Waals surface area contributed by atoms with E-state index >= 15 is 0 Å². The quantitative estimate of drug-likeness (QED) is 0.813. The summed E-state index contributed by atoms with van der Waals surface area (Å²) in [5, 5.41) is 16.0. The number of carboxylic acids is 1. The van der Waals surface area contributed by atoms with Gasteiger partial charge < -0.3 is 19.8 Å². The van der Waals surface area contributed by atoms with Gasteiger partial charge in [-0.3, -0.25) is 4.79 Å². The Balaban J connectivity index is 1.75. The van der Waals surface area contributed by atoms with Crippen LogP contribution in [0.5, 0.6) is 0 Å². The molecule has 20 heavy (non-hydrogen) atoms. The molecule has 0 radical (unpaired) electrons. The fourth-order valence-corrected chi connectivity index (χ4v) is 2.75. The Morgan fingerprint density at radius 2 is 2.20 bits per heavy atom. The van der Waals surface area contributed by atoms with Gasteiger partial charge in [-0.2, -0.15) is 4.98 Å². The Kier molecular flexibility index (Phi) is 3.39. The summed E-state index contributed by atoms with van der Waals surface area (Å²) >= 11 is 0. The molecule has 0 bridgehead atoms. The van der Waals surface area contributed by atoms with E-state index in [0.717, 1.165) is 19.4 Å². The van der Waals surface area contributed by atoms with E-state index in [9.17, 15) is 9.59 Å². The number of aromatic nitrogens is 2. The van der Waals surface area contributed by atoms with E-state index in [-0.39, 0.29) is 11.9 Å². The summed E-state index contributed by atoms with van der Waals surface area (Å²) in [5.74, 6) is -1.11. The third-order valence-electron chi connectivity index (χ3n) is 3.79. The minimum absolute atomic E-state index is 0.00195. The third-order valence-corrected chi connectivity index (χ3v) is 3.79. The molecule has 1 amide bonds. The zero-order chi connectivity index (χ0) is 14.1. The molecule has 8 nitrogen and oxygen atoms in total. The zero-order valence-corrected chi connectivity index (χ0v) is 10.9. The van der Waals surface area contributed by atoms with Gasteiger partial charge in [-0.15, -0.1) is 0 Å². The van der Waals surface area contributed by atoms with Crippen molar-refractivity contribution < 1.29 is 19.2 Å². The van der Waals surface area contributed by atoms with Crippen LogP contribution < -0.4 is 5.32 Å². The van der Waals surface area contributed by atoms with Crippen LogP contribution in [0.25, 0.3) is 0 Å². The van der Waals surface area contributed by atoms with Crippen LogP contribution in [0.4, 0.5) is 0 Å². The molecule has 0 saturated carbocycles. The molecule has 0 aliphatic carbocycles. The van der Waals surface area contributed by atoms with E-state index < -0.39 is 17.9 Å². The fourth-order valence-electron chi connectivity index (χ4n) is 2.75. The van der Waals surface area contributed by atoms with Gasteiger partial charge in [0.2, 0.25) is 5.89 Å². The number of amides is 1. The normalized spacial score (nSPS) is 26.1. The lowest BCUT2D eigenvalue weighted by molar-refractivity contribution is -0.141. The summed E-state index contributed by atoms with van der Waals surface area (Å²) in [4.78, 5) is 28.8. The van der Waals surface area contributed by atoms with Crippen molar-refractivity contribution in [3.05, 3.63) is 11.7 Å². The predicted molar refractivity (Wildman–Crippen MR) is 66.0 cm³/mol.